The Hall–Kier alpha value is -1.66. The number of aromatic nitrogens is 2. The Balaban J connectivity index is 2.12. The predicted octanol–water partition coefficient (Wildman–Crippen LogP) is 3.00. The van der Waals surface area contributed by atoms with Crippen LogP contribution in [0.5, 0.6) is 5.75 Å². The van der Waals surface area contributed by atoms with Crippen molar-refractivity contribution in [2.24, 2.45) is 0 Å². The quantitative estimate of drug-likeness (QED) is 0.920. The number of rotatable bonds is 5. The van der Waals surface area contributed by atoms with E-state index in [1.165, 1.54) is 12.4 Å². The van der Waals surface area contributed by atoms with Crippen LogP contribution in [0, 0.1) is 0 Å². The zero-order chi connectivity index (χ0) is 13.8. The van der Waals surface area contributed by atoms with Crippen LogP contribution in [-0.4, -0.2) is 14.7 Å². The molecule has 102 valence electrons. The first-order chi connectivity index (χ1) is 9.11. The molecule has 2 aromatic rings. The lowest BCUT2D eigenvalue weighted by Gasteiger charge is -2.11. The molecule has 1 N–H and O–H groups in total. The molecule has 1 aromatic carbocycles. The highest BCUT2D eigenvalue weighted by Crippen LogP contribution is 2.24. The molecule has 0 spiro atoms. The summed E-state index contributed by atoms with van der Waals surface area (Å²) >= 11 is 5.78. The van der Waals surface area contributed by atoms with Gasteiger partial charge in [0.15, 0.2) is 5.82 Å². The number of hydrogen-bond donors (Lipinski definition) is 1. The molecule has 0 atom stereocenters. The molecule has 1 heterocycles. The molecule has 0 aliphatic rings. The number of halogens is 3. The molecule has 0 saturated carbocycles. The lowest BCUT2D eigenvalue weighted by molar-refractivity contribution is 0.0631. The second-order valence-corrected chi connectivity index (χ2v) is 4.16. The van der Waals surface area contributed by atoms with Gasteiger partial charge in [0.25, 0.3) is 0 Å². The van der Waals surface area contributed by atoms with Crippen LogP contribution in [0.4, 0.5) is 8.78 Å². The molecule has 0 bridgehead atoms. The lowest BCUT2D eigenvalue weighted by atomic mass is 10.2. The minimum Gasteiger partial charge on any atom is -0.485 e. The van der Waals surface area contributed by atoms with Gasteiger partial charge in [-0.25, -0.2) is 4.98 Å². The standard InChI is InChI=1S/C12H11ClF2N2O2/c13-9-1-2-10(8(5-9)6-18)19-7-11-16-3-4-17(11)12(14)15/h1-5,12,18H,6-7H2. The summed E-state index contributed by atoms with van der Waals surface area (Å²) in [4.78, 5) is 3.79. The number of benzene rings is 1. The maximum Gasteiger partial charge on any atom is 0.320 e. The Morgan fingerprint density at radius 3 is 2.89 bits per heavy atom. The lowest BCUT2D eigenvalue weighted by Crippen LogP contribution is -2.08. The van der Waals surface area contributed by atoms with E-state index in [0.29, 0.717) is 20.9 Å². The predicted molar refractivity (Wildman–Crippen MR) is 65.2 cm³/mol. The summed E-state index contributed by atoms with van der Waals surface area (Å²) in [7, 11) is 0. The van der Waals surface area contributed by atoms with Gasteiger partial charge in [0, 0.05) is 23.0 Å². The molecule has 19 heavy (non-hydrogen) atoms. The number of hydrogen-bond acceptors (Lipinski definition) is 3. The number of aliphatic hydroxyl groups is 1. The van der Waals surface area contributed by atoms with Crippen LogP contribution in [0.15, 0.2) is 30.6 Å². The van der Waals surface area contributed by atoms with E-state index in [2.05, 4.69) is 4.98 Å². The third-order valence-electron chi connectivity index (χ3n) is 2.51. The van der Waals surface area contributed by atoms with Crippen molar-refractivity contribution in [2.45, 2.75) is 19.8 Å². The molecule has 0 radical (unpaired) electrons. The second kappa shape index (κ2) is 5.99. The van der Waals surface area contributed by atoms with Crippen LogP contribution in [0.25, 0.3) is 0 Å². The largest absolute Gasteiger partial charge is 0.485 e. The number of nitrogens with zero attached hydrogens (tertiary/aromatic N) is 2. The third kappa shape index (κ3) is 3.21. The van der Waals surface area contributed by atoms with E-state index in [1.54, 1.807) is 18.2 Å². The topological polar surface area (TPSA) is 47.3 Å². The first kappa shape index (κ1) is 13.8. The summed E-state index contributed by atoms with van der Waals surface area (Å²) in [5.74, 6) is 0.490. The first-order valence-corrected chi connectivity index (χ1v) is 5.81. The SMILES string of the molecule is OCc1cc(Cl)ccc1OCc1nccn1C(F)F. The smallest absolute Gasteiger partial charge is 0.320 e. The molecule has 2 rings (SSSR count). The molecular formula is C12H11ClF2N2O2. The summed E-state index contributed by atoms with van der Waals surface area (Å²) in [5, 5.41) is 9.63. The average Bonchev–Trinajstić information content (AvgIpc) is 2.85. The van der Waals surface area contributed by atoms with Gasteiger partial charge in [-0.05, 0) is 18.2 Å². The molecule has 0 aliphatic heterocycles. The van der Waals surface area contributed by atoms with Gasteiger partial charge in [0.2, 0.25) is 0 Å². The Kier molecular flexibility index (Phi) is 4.34. The zero-order valence-corrected chi connectivity index (χ0v) is 10.5. The van der Waals surface area contributed by atoms with Crippen molar-refractivity contribution in [3.05, 3.63) is 47.0 Å². The highest BCUT2D eigenvalue weighted by molar-refractivity contribution is 6.30. The van der Waals surface area contributed by atoms with Gasteiger partial charge >= 0.3 is 6.55 Å². The van der Waals surface area contributed by atoms with Crippen molar-refractivity contribution in [3.8, 4) is 5.75 Å². The Bertz CT molecular complexity index is 560. The fraction of sp³-hybridized carbons (Fsp3) is 0.250. The number of ether oxygens (including phenoxy) is 1. The minimum absolute atomic E-state index is 0.105. The number of aliphatic hydroxyl groups excluding tert-OH is 1. The first-order valence-electron chi connectivity index (χ1n) is 5.43. The van der Waals surface area contributed by atoms with Crippen molar-refractivity contribution in [1.82, 2.24) is 9.55 Å². The van der Waals surface area contributed by atoms with Gasteiger partial charge in [-0.1, -0.05) is 11.6 Å². The van der Waals surface area contributed by atoms with Gasteiger partial charge in [-0.2, -0.15) is 8.78 Å². The van der Waals surface area contributed by atoms with Crippen LogP contribution in [0.1, 0.15) is 17.9 Å². The molecule has 0 unspecified atom stereocenters. The summed E-state index contributed by atoms with van der Waals surface area (Å²) in [5.41, 5.74) is 0.489. The molecule has 0 aliphatic carbocycles. The molecule has 1 aromatic heterocycles. The molecule has 4 nitrogen and oxygen atoms in total. The van der Waals surface area contributed by atoms with Crippen LogP contribution in [-0.2, 0) is 13.2 Å². The number of imidazole rings is 1. The van der Waals surface area contributed by atoms with Gasteiger partial charge < -0.3 is 9.84 Å². The fourth-order valence-corrected chi connectivity index (χ4v) is 1.78. The van der Waals surface area contributed by atoms with Gasteiger partial charge in [0.1, 0.15) is 12.4 Å². The molecule has 7 heteroatoms. The van der Waals surface area contributed by atoms with Gasteiger partial charge in [0.05, 0.1) is 6.61 Å². The van der Waals surface area contributed by atoms with E-state index in [4.69, 9.17) is 21.4 Å². The van der Waals surface area contributed by atoms with Crippen molar-refractivity contribution >= 4 is 11.6 Å². The summed E-state index contributed by atoms with van der Waals surface area (Å²) in [6.45, 7) is -3.03. The summed E-state index contributed by atoms with van der Waals surface area (Å²) < 4.78 is 31.3. The minimum atomic E-state index is -2.66. The summed E-state index contributed by atoms with van der Waals surface area (Å²) in [6.07, 6.45) is 2.46. The Morgan fingerprint density at radius 2 is 2.21 bits per heavy atom. The van der Waals surface area contributed by atoms with E-state index in [0.717, 1.165) is 0 Å². The van der Waals surface area contributed by atoms with Crippen molar-refractivity contribution in [3.63, 3.8) is 0 Å². The molecule has 0 amide bonds. The van der Waals surface area contributed by atoms with Crippen LogP contribution in [0.3, 0.4) is 0 Å². The summed E-state index contributed by atoms with van der Waals surface area (Å²) in [6, 6.07) is 4.72. The Labute approximate surface area is 113 Å². The normalized spacial score (nSPS) is 11.0. The second-order valence-electron chi connectivity index (χ2n) is 3.73. The monoisotopic (exact) mass is 288 g/mol. The van der Waals surface area contributed by atoms with E-state index in [-0.39, 0.29) is 19.0 Å². The van der Waals surface area contributed by atoms with Crippen molar-refractivity contribution in [1.29, 1.82) is 0 Å². The molecule has 0 fully saturated rings. The van der Waals surface area contributed by atoms with Crippen molar-refractivity contribution in [2.75, 3.05) is 0 Å². The molecular weight excluding hydrogens is 278 g/mol. The molecule has 0 saturated heterocycles. The van der Waals surface area contributed by atoms with E-state index in [9.17, 15) is 8.78 Å². The van der Waals surface area contributed by atoms with E-state index in [1.807, 2.05) is 0 Å². The van der Waals surface area contributed by atoms with Crippen molar-refractivity contribution < 1.29 is 18.6 Å². The highest BCUT2D eigenvalue weighted by Gasteiger charge is 2.12. The zero-order valence-electron chi connectivity index (χ0n) is 9.76. The van der Waals surface area contributed by atoms with Crippen LogP contribution >= 0.6 is 11.6 Å². The van der Waals surface area contributed by atoms with Crippen LogP contribution < -0.4 is 4.74 Å². The maximum atomic E-state index is 12.6. The Morgan fingerprint density at radius 1 is 1.42 bits per heavy atom. The highest BCUT2D eigenvalue weighted by atomic mass is 35.5. The van der Waals surface area contributed by atoms with E-state index >= 15 is 0 Å². The third-order valence-corrected chi connectivity index (χ3v) is 2.74. The van der Waals surface area contributed by atoms with Gasteiger partial charge in [-0.3, -0.25) is 4.57 Å². The van der Waals surface area contributed by atoms with E-state index < -0.39 is 6.55 Å². The van der Waals surface area contributed by atoms with Gasteiger partial charge in [-0.15, -0.1) is 0 Å². The number of alkyl halides is 2. The fourth-order valence-electron chi connectivity index (χ4n) is 1.59. The average molecular weight is 289 g/mol. The maximum absolute atomic E-state index is 12.6. The van der Waals surface area contributed by atoms with Crippen LogP contribution in [0.2, 0.25) is 5.02 Å².